The molecule has 0 bridgehead atoms. The predicted octanol–water partition coefficient (Wildman–Crippen LogP) is -0.910. The van der Waals surface area contributed by atoms with E-state index in [4.69, 9.17) is 4.74 Å². The summed E-state index contributed by atoms with van der Waals surface area (Å²) < 4.78 is 6.20. The molecule has 2 rings (SSSR count). The Morgan fingerprint density at radius 2 is 2.32 bits per heavy atom. The van der Waals surface area contributed by atoms with Gasteiger partial charge in [0.25, 0.3) is 0 Å². The number of ether oxygens (including phenoxy) is 1. The maximum Gasteiger partial charge on any atom is 0.364 e. The number of rotatable bonds is 7. The van der Waals surface area contributed by atoms with Crippen molar-refractivity contribution in [3.05, 3.63) is 22.6 Å². The van der Waals surface area contributed by atoms with Gasteiger partial charge in [0.1, 0.15) is 5.82 Å². The Morgan fingerprint density at radius 3 is 3.11 bits per heavy atom. The quantitative estimate of drug-likeness (QED) is 0.631. The third-order valence-electron chi connectivity index (χ3n) is 2.76. The van der Waals surface area contributed by atoms with E-state index in [1.165, 1.54) is 4.52 Å². The van der Waals surface area contributed by atoms with Gasteiger partial charge in [0.2, 0.25) is 0 Å². The number of anilines is 1. The summed E-state index contributed by atoms with van der Waals surface area (Å²) in [5.74, 6) is 0.726. The van der Waals surface area contributed by atoms with E-state index < -0.39 is 0 Å². The average molecular weight is 266 g/mol. The van der Waals surface area contributed by atoms with Crippen LogP contribution in [-0.2, 0) is 4.74 Å². The predicted molar refractivity (Wildman–Crippen MR) is 71.6 cm³/mol. The number of H-pyrrole nitrogens is 1. The van der Waals surface area contributed by atoms with E-state index in [2.05, 4.69) is 20.6 Å². The molecule has 8 heteroatoms. The van der Waals surface area contributed by atoms with E-state index in [0.29, 0.717) is 12.3 Å². The van der Waals surface area contributed by atoms with Crippen LogP contribution in [0.4, 0.5) is 5.82 Å². The number of fused-ring (bicyclic) bond motifs is 1. The second kappa shape index (κ2) is 6.30. The highest BCUT2D eigenvalue weighted by Crippen LogP contribution is 2.07. The molecule has 0 radical (unpaired) electrons. The van der Waals surface area contributed by atoms with Crippen LogP contribution >= 0.6 is 0 Å². The van der Waals surface area contributed by atoms with Gasteiger partial charge >= 0.3 is 5.69 Å². The molecule has 104 valence electrons. The van der Waals surface area contributed by atoms with Gasteiger partial charge < -0.3 is 15.0 Å². The topological polar surface area (TPSA) is 87.5 Å². The van der Waals surface area contributed by atoms with Gasteiger partial charge in [-0.15, -0.1) is 5.10 Å². The number of nitrogens with one attached hydrogen (secondary N) is 2. The third-order valence-corrected chi connectivity index (χ3v) is 2.76. The van der Waals surface area contributed by atoms with E-state index in [1.807, 2.05) is 18.0 Å². The zero-order valence-electron chi connectivity index (χ0n) is 11.1. The molecule has 0 atom stereocenters. The molecule has 2 aromatic rings. The summed E-state index contributed by atoms with van der Waals surface area (Å²) in [6.45, 7) is 3.12. The average Bonchev–Trinajstić information content (AvgIpc) is 2.79. The molecule has 0 aromatic carbocycles. The maximum absolute atomic E-state index is 11.4. The molecule has 0 fully saturated rings. The number of aromatic nitrogens is 4. The van der Waals surface area contributed by atoms with Crippen molar-refractivity contribution < 1.29 is 4.74 Å². The molecular formula is C11H18N6O2. The Kier molecular flexibility index (Phi) is 4.48. The molecule has 0 aliphatic carbocycles. The number of nitrogens with zero attached hydrogens (tertiary/aromatic N) is 4. The third kappa shape index (κ3) is 3.30. The Balaban J connectivity index is 1.95. The lowest BCUT2D eigenvalue weighted by Gasteiger charge is -2.17. The van der Waals surface area contributed by atoms with Crippen LogP contribution in [-0.4, -0.2) is 60.2 Å². The summed E-state index contributed by atoms with van der Waals surface area (Å²) in [4.78, 5) is 13.4. The second-order valence-electron chi connectivity index (χ2n) is 4.15. The molecule has 8 nitrogen and oxygen atoms in total. The summed E-state index contributed by atoms with van der Waals surface area (Å²) >= 11 is 0. The zero-order valence-corrected chi connectivity index (χ0v) is 11.1. The highest BCUT2D eigenvalue weighted by Gasteiger charge is 2.06. The van der Waals surface area contributed by atoms with Crippen LogP contribution in [0.3, 0.4) is 0 Å². The van der Waals surface area contributed by atoms with Crippen LogP contribution < -0.4 is 15.9 Å². The van der Waals surface area contributed by atoms with E-state index in [0.717, 1.165) is 25.5 Å². The van der Waals surface area contributed by atoms with Gasteiger partial charge in [-0.25, -0.2) is 9.89 Å². The summed E-state index contributed by atoms with van der Waals surface area (Å²) in [5, 5.41) is 13.7. The Labute approximate surface area is 110 Å². The molecule has 19 heavy (non-hydrogen) atoms. The first-order valence-electron chi connectivity index (χ1n) is 6.07. The van der Waals surface area contributed by atoms with Crippen molar-refractivity contribution in [3.8, 4) is 0 Å². The van der Waals surface area contributed by atoms with Gasteiger partial charge in [-0.3, -0.25) is 0 Å². The van der Waals surface area contributed by atoms with Crippen LogP contribution in [0.2, 0.25) is 0 Å². The Hall–Kier alpha value is -1.93. The minimum atomic E-state index is -0.330. The van der Waals surface area contributed by atoms with Crippen molar-refractivity contribution in [2.24, 2.45) is 0 Å². The molecular weight excluding hydrogens is 248 g/mol. The highest BCUT2D eigenvalue weighted by atomic mass is 16.5. The van der Waals surface area contributed by atoms with Gasteiger partial charge in [-0.05, 0) is 12.1 Å². The fraction of sp³-hybridized carbons (Fsp3) is 0.545. The van der Waals surface area contributed by atoms with Crippen molar-refractivity contribution in [1.82, 2.24) is 25.1 Å². The van der Waals surface area contributed by atoms with Crippen LogP contribution in [0.15, 0.2) is 16.9 Å². The van der Waals surface area contributed by atoms with Gasteiger partial charge in [0, 0.05) is 33.8 Å². The Morgan fingerprint density at radius 1 is 1.47 bits per heavy atom. The fourth-order valence-electron chi connectivity index (χ4n) is 1.66. The highest BCUT2D eigenvalue weighted by molar-refractivity contribution is 5.44. The molecule has 0 saturated heterocycles. The molecule has 0 amide bonds. The molecule has 2 N–H and O–H groups in total. The molecule has 0 aliphatic rings. The van der Waals surface area contributed by atoms with E-state index >= 15 is 0 Å². The van der Waals surface area contributed by atoms with E-state index in [9.17, 15) is 4.79 Å². The first kappa shape index (κ1) is 13.5. The molecule has 0 saturated carbocycles. The largest absolute Gasteiger partial charge is 0.383 e. The summed E-state index contributed by atoms with van der Waals surface area (Å²) in [5.41, 5.74) is 0.184. The molecule has 0 unspecified atom stereocenters. The zero-order chi connectivity index (χ0) is 13.7. The van der Waals surface area contributed by atoms with Crippen molar-refractivity contribution >= 4 is 11.5 Å². The normalized spacial score (nSPS) is 11.1. The van der Waals surface area contributed by atoms with Crippen LogP contribution in [0.5, 0.6) is 0 Å². The first-order chi connectivity index (χ1) is 9.22. The number of likely N-dealkylation sites (N-methyl/N-ethyl adjacent to an activating group) is 1. The summed E-state index contributed by atoms with van der Waals surface area (Å²) in [6, 6.07) is 3.60. The van der Waals surface area contributed by atoms with Gasteiger partial charge in [0.05, 0.1) is 6.61 Å². The maximum atomic E-state index is 11.4. The monoisotopic (exact) mass is 266 g/mol. The van der Waals surface area contributed by atoms with Crippen molar-refractivity contribution in [1.29, 1.82) is 0 Å². The van der Waals surface area contributed by atoms with Gasteiger partial charge in [-0.2, -0.15) is 9.61 Å². The molecule has 0 aliphatic heterocycles. The van der Waals surface area contributed by atoms with Crippen LogP contribution in [0.25, 0.3) is 5.65 Å². The molecule has 2 heterocycles. The van der Waals surface area contributed by atoms with E-state index in [-0.39, 0.29) is 5.69 Å². The van der Waals surface area contributed by atoms with Crippen molar-refractivity contribution in [2.75, 3.05) is 45.3 Å². The number of methoxy groups -OCH3 is 1. The second-order valence-corrected chi connectivity index (χ2v) is 4.15. The van der Waals surface area contributed by atoms with Crippen molar-refractivity contribution in [2.45, 2.75) is 0 Å². The van der Waals surface area contributed by atoms with Crippen LogP contribution in [0.1, 0.15) is 0 Å². The van der Waals surface area contributed by atoms with Gasteiger partial charge in [-0.1, -0.05) is 0 Å². The fourth-order valence-corrected chi connectivity index (χ4v) is 1.66. The number of hydrogen-bond acceptors (Lipinski definition) is 6. The molecule has 2 aromatic heterocycles. The molecule has 0 spiro atoms. The minimum Gasteiger partial charge on any atom is -0.383 e. The summed E-state index contributed by atoms with van der Waals surface area (Å²) in [7, 11) is 3.60. The lowest BCUT2D eigenvalue weighted by molar-refractivity contribution is 0.200. The lowest BCUT2D eigenvalue weighted by Crippen LogP contribution is -2.31. The Bertz CT molecular complexity index is 578. The minimum absolute atomic E-state index is 0.330. The van der Waals surface area contributed by atoms with Crippen molar-refractivity contribution in [3.63, 3.8) is 0 Å². The lowest BCUT2D eigenvalue weighted by atomic mass is 10.4. The van der Waals surface area contributed by atoms with E-state index in [1.54, 1.807) is 13.2 Å². The standard InChI is InChI=1S/C11H18N6O2/c1-16(7-5-12-6-8-19-2)10-4-3-9-13-14-11(18)17(9)15-10/h3-4,12H,5-8H2,1-2H3,(H,14,18). The smallest absolute Gasteiger partial charge is 0.364 e. The van der Waals surface area contributed by atoms with Gasteiger partial charge in [0.15, 0.2) is 5.65 Å². The SMILES string of the molecule is COCCNCCN(C)c1ccc2n[nH]c(=O)n2n1. The number of hydrogen-bond donors (Lipinski definition) is 2. The van der Waals surface area contributed by atoms with Crippen LogP contribution in [0, 0.1) is 0 Å². The first-order valence-corrected chi connectivity index (χ1v) is 6.07. The number of aromatic amines is 1. The summed E-state index contributed by atoms with van der Waals surface area (Å²) in [6.07, 6.45) is 0.